The third kappa shape index (κ3) is 3.98. The quantitative estimate of drug-likeness (QED) is 0.773. The molecule has 0 heterocycles. The molecule has 1 aliphatic rings. The highest BCUT2D eigenvalue weighted by atomic mass is 16.1. The molecule has 0 radical (unpaired) electrons. The Morgan fingerprint density at radius 2 is 1.88 bits per heavy atom. The van der Waals surface area contributed by atoms with Crippen LogP contribution in [0.15, 0.2) is 0 Å². The fraction of sp³-hybridized carbons (Fsp3) is 0.929. The van der Waals surface area contributed by atoms with Crippen molar-refractivity contribution in [3.05, 3.63) is 0 Å². The molecular formula is C14H28N2O. The van der Waals surface area contributed by atoms with E-state index in [0.717, 1.165) is 13.1 Å². The van der Waals surface area contributed by atoms with Crippen molar-refractivity contribution >= 4 is 5.91 Å². The maximum Gasteiger partial charge on any atom is 0.220 e. The summed E-state index contributed by atoms with van der Waals surface area (Å²) in [6.45, 7) is 10.5. The maximum absolute atomic E-state index is 11.7. The highest BCUT2D eigenvalue weighted by Crippen LogP contribution is 2.36. The molecule has 3 nitrogen and oxygen atoms in total. The van der Waals surface area contributed by atoms with Crippen molar-refractivity contribution in [2.24, 2.45) is 17.8 Å². The molecule has 1 fully saturated rings. The van der Waals surface area contributed by atoms with Crippen LogP contribution in [-0.4, -0.2) is 25.0 Å². The van der Waals surface area contributed by atoms with Crippen LogP contribution < -0.4 is 10.6 Å². The summed E-state index contributed by atoms with van der Waals surface area (Å²) >= 11 is 0. The first-order valence-corrected chi connectivity index (χ1v) is 7.10. The number of hydrogen-bond acceptors (Lipinski definition) is 2. The number of carbonyl (C=O) groups is 1. The molecule has 0 spiro atoms. The van der Waals surface area contributed by atoms with Crippen molar-refractivity contribution in [2.45, 2.75) is 53.0 Å². The number of carbonyl (C=O) groups excluding carboxylic acids is 1. The first-order chi connectivity index (χ1) is 8.10. The molecule has 2 N–H and O–H groups in total. The third-order valence-corrected chi connectivity index (χ3v) is 4.24. The predicted octanol–water partition coefficient (Wildman–Crippen LogP) is 2.17. The van der Waals surface area contributed by atoms with Gasteiger partial charge >= 0.3 is 0 Å². The van der Waals surface area contributed by atoms with Gasteiger partial charge in [0, 0.05) is 19.0 Å². The van der Waals surface area contributed by atoms with Gasteiger partial charge < -0.3 is 10.6 Å². The Morgan fingerprint density at radius 1 is 1.18 bits per heavy atom. The molecule has 4 atom stereocenters. The second-order valence-electron chi connectivity index (χ2n) is 5.40. The van der Waals surface area contributed by atoms with Crippen LogP contribution in [0.5, 0.6) is 0 Å². The Bertz CT molecular complexity index is 242. The molecule has 0 aromatic heterocycles. The normalized spacial score (nSPS) is 33.4. The molecule has 100 valence electrons. The average Bonchev–Trinajstić information content (AvgIpc) is 2.29. The topological polar surface area (TPSA) is 41.1 Å². The molecule has 4 unspecified atom stereocenters. The van der Waals surface area contributed by atoms with Gasteiger partial charge in [-0.15, -0.1) is 0 Å². The van der Waals surface area contributed by atoms with E-state index in [2.05, 4.69) is 31.4 Å². The van der Waals surface area contributed by atoms with Gasteiger partial charge in [0.1, 0.15) is 0 Å². The van der Waals surface area contributed by atoms with Gasteiger partial charge in [-0.25, -0.2) is 0 Å². The highest BCUT2D eigenvalue weighted by molar-refractivity contribution is 5.76. The van der Waals surface area contributed by atoms with Crippen molar-refractivity contribution in [2.75, 3.05) is 13.1 Å². The van der Waals surface area contributed by atoms with Crippen molar-refractivity contribution < 1.29 is 4.79 Å². The molecule has 0 bridgehead atoms. The molecule has 1 aliphatic carbocycles. The molecule has 0 aliphatic heterocycles. The maximum atomic E-state index is 11.7. The summed E-state index contributed by atoms with van der Waals surface area (Å²) in [5.74, 6) is 2.01. The molecule has 1 amide bonds. The summed E-state index contributed by atoms with van der Waals surface area (Å²) in [5.41, 5.74) is 0. The van der Waals surface area contributed by atoms with Gasteiger partial charge in [-0.1, -0.05) is 20.8 Å². The molecule has 0 aromatic carbocycles. The van der Waals surface area contributed by atoms with Crippen molar-refractivity contribution in [1.82, 2.24) is 10.6 Å². The summed E-state index contributed by atoms with van der Waals surface area (Å²) in [6, 6.07) is 0.593. The van der Waals surface area contributed by atoms with Gasteiger partial charge in [0.05, 0.1) is 0 Å². The van der Waals surface area contributed by atoms with Crippen LogP contribution in [0.1, 0.15) is 47.0 Å². The minimum absolute atomic E-state index is 0.216. The molecular weight excluding hydrogens is 212 g/mol. The Balaban J connectivity index is 2.56. The molecule has 1 saturated carbocycles. The van der Waals surface area contributed by atoms with Crippen LogP contribution >= 0.6 is 0 Å². The SMILES string of the molecule is CCNC(=O)CC1C(C)CCC(NCC)C1C. The number of amides is 1. The van der Waals surface area contributed by atoms with E-state index in [-0.39, 0.29) is 5.91 Å². The Hall–Kier alpha value is -0.570. The third-order valence-electron chi connectivity index (χ3n) is 4.24. The van der Waals surface area contributed by atoms with Gasteiger partial charge in [0.25, 0.3) is 0 Å². The zero-order chi connectivity index (χ0) is 12.8. The molecule has 1 rings (SSSR count). The van der Waals surface area contributed by atoms with E-state index in [1.807, 2.05) is 6.92 Å². The smallest absolute Gasteiger partial charge is 0.220 e. The van der Waals surface area contributed by atoms with Gasteiger partial charge in [0.2, 0.25) is 5.91 Å². The summed E-state index contributed by atoms with van der Waals surface area (Å²) in [7, 11) is 0. The monoisotopic (exact) mass is 240 g/mol. The van der Waals surface area contributed by atoms with E-state index < -0.39 is 0 Å². The van der Waals surface area contributed by atoms with Crippen molar-refractivity contribution in [3.8, 4) is 0 Å². The predicted molar refractivity (Wildman–Crippen MR) is 71.8 cm³/mol. The van der Waals surface area contributed by atoms with Crippen LogP contribution in [0.4, 0.5) is 0 Å². The van der Waals surface area contributed by atoms with Gasteiger partial charge in [-0.05, 0) is 44.1 Å². The van der Waals surface area contributed by atoms with Crippen LogP contribution in [0.25, 0.3) is 0 Å². The van der Waals surface area contributed by atoms with E-state index in [1.165, 1.54) is 12.8 Å². The first kappa shape index (κ1) is 14.5. The first-order valence-electron chi connectivity index (χ1n) is 7.10. The standard InChI is InChI=1S/C14H28N2O/c1-5-15-13-8-7-10(3)12(11(13)4)9-14(17)16-6-2/h10-13,15H,5-9H2,1-4H3,(H,16,17). The lowest BCUT2D eigenvalue weighted by atomic mass is 9.69. The average molecular weight is 240 g/mol. The van der Waals surface area contributed by atoms with E-state index in [4.69, 9.17) is 0 Å². The Morgan fingerprint density at radius 3 is 2.47 bits per heavy atom. The van der Waals surface area contributed by atoms with Crippen molar-refractivity contribution in [1.29, 1.82) is 0 Å². The molecule has 17 heavy (non-hydrogen) atoms. The summed E-state index contributed by atoms with van der Waals surface area (Å²) in [4.78, 5) is 11.7. The molecule has 3 heteroatoms. The lowest BCUT2D eigenvalue weighted by Gasteiger charge is -2.40. The fourth-order valence-electron chi connectivity index (χ4n) is 3.16. The summed E-state index contributed by atoms with van der Waals surface area (Å²) in [6.07, 6.45) is 3.19. The van der Waals surface area contributed by atoms with Crippen LogP contribution in [0, 0.1) is 17.8 Å². The lowest BCUT2D eigenvalue weighted by Crippen LogP contribution is -2.45. The molecule has 0 saturated heterocycles. The van der Waals surface area contributed by atoms with Crippen LogP contribution in [0.2, 0.25) is 0 Å². The fourth-order valence-corrected chi connectivity index (χ4v) is 3.16. The van der Waals surface area contributed by atoms with Crippen molar-refractivity contribution in [3.63, 3.8) is 0 Å². The van der Waals surface area contributed by atoms with E-state index in [0.29, 0.717) is 30.2 Å². The lowest BCUT2D eigenvalue weighted by molar-refractivity contribution is -0.123. The Labute approximate surface area is 106 Å². The van der Waals surface area contributed by atoms with Crippen LogP contribution in [0.3, 0.4) is 0 Å². The Kier molecular flexibility index (Phi) is 5.96. The highest BCUT2D eigenvalue weighted by Gasteiger charge is 2.35. The van der Waals surface area contributed by atoms with Crippen LogP contribution in [-0.2, 0) is 4.79 Å². The van der Waals surface area contributed by atoms with E-state index in [1.54, 1.807) is 0 Å². The number of hydrogen-bond donors (Lipinski definition) is 2. The zero-order valence-corrected chi connectivity index (χ0v) is 11.8. The summed E-state index contributed by atoms with van der Waals surface area (Å²) in [5, 5.41) is 6.48. The number of rotatable bonds is 5. The number of nitrogens with one attached hydrogen (secondary N) is 2. The van der Waals surface area contributed by atoms with Gasteiger partial charge in [-0.2, -0.15) is 0 Å². The van der Waals surface area contributed by atoms with E-state index >= 15 is 0 Å². The minimum Gasteiger partial charge on any atom is -0.356 e. The minimum atomic E-state index is 0.216. The summed E-state index contributed by atoms with van der Waals surface area (Å²) < 4.78 is 0. The van der Waals surface area contributed by atoms with E-state index in [9.17, 15) is 4.79 Å². The largest absolute Gasteiger partial charge is 0.356 e. The van der Waals surface area contributed by atoms with Gasteiger partial charge in [0.15, 0.2) is 0 Å². The second-order valence-corrected chi connectivity index (χ2v) is 5.40. The van der Waals surface area contributed by atoms with Gasteiger partial charge in [-0.3, -0.25) is 4.79 Å². The molecule has 0 aromatic rings. The zero-order valence-electron chi connectivity index (χ0n) is 11.8. The second kappa shape index (κ2) is 7.00.